The highest BCUT2D eigenvalue weighted by Gasteiger charge is 2.39. The molecule has 0 aromatic heterocycles. The number of amides is 2. The second kappa shape index (κ2) is 5.84. The summed E-state index contributed by atoms with van der Waals surface area (Å²) < 4.78 is 0. The van der Waals surface area contributed by atoms with Crippen molar-refractivity contribution in [1.29, 1.82) is 0 Å². The molecule has 1 fully saturated rings. The summed E-state index contributed by atoms with van der Waals surface area (Å²) >= 11 is 0. The lowest BCUT2D eigenvalue weighted by molar-refractivity contribution is -0.146. The molecule has 0 spiro atoms. The van der Waals surface area contributed by atoms with Crippen LogP contribution in [0.4, 0.5) is 0 Å². The Morgan fingerprint density at radius 3 is 2.22 bits per heavy atom. The first-order valence-electron chi connectivity index (χ1n) is 6.17. The summed E-state index contributed by atoms with van der Waals surface area (Å²) in [5.74, 6) is -3.24. The van der Waals surface area contributed by atoms with Crippen molar-refractivity contribution in [3.8, 4) is 0 Å². The third kappa shape index (κ3) is 3.21. The minimum Gasteiger partial charge on any atom is -0.481 e. The lowest BCUT2D eigenvalue weighted by atomic mass is 9.94. The molecule has 3 atom stereocenters. The largest absolute Gasteiger partial charge is 0.481 e. The van der Waals surface area contributed by atoms with Gasteiger partial charge in [0.15, 0.2) is 0 Å². The van der Waals surface area contributed by atoms with Gasteiger partial charge in [0.1, 0.15) is 6.04 Å². The van der Waals surface area contributed by atoms with Gasteiger partial charge in [-0.1, -0.05) is 20.3 Å². The Balaban J connectivity index is 2.69. The first kappa shape index (κ1) is 14.5. The number of carbonyl (C=O) groups excluding carboxylic acids is 2. The number of rotatable bonds is 5. The highest BCUT2D eigenvalue weighted by molar-refractivity contribution is 5.90. The number of hydrogen-bond acceptors (Lipinski definition) is 3. The topological polar surface area (TPSA) is 109 Å². The molecule has 0 aliphatic heterocycles. The first-order valence-corrected chi connectivity index (χ1v) is 6.17. The van der Waals surface area contributed by atoms with Crippen molar-refractivity contribution in [2.45, 2.75) is 39.2 Å². The average molecular weight is 256 g/mol. The van der Waals surface area contributed by atoms with Crippen molar-refractivity contribution in [2.75, 3.05) is 0 Å². The second-order valence-corrected chi connectivity index (χ2v) is 5.11. The van der Waals surface area contributed by atoms with Crippen LogP contribution in [0.15, 0.2) is 0 Å². The van der Waals surface area contributed by atoms with Crippen molar-refractivity contribution in [1.82, 2.24) is 5.32 Å². The molecule has 0 saturated heterocycles. The zero-order valence-electron chi connectivity index (χ0n) is 10.7. The molecule has 6 heteroatoms. The Hall–Kier alpha value is -1.59. The summed E-state index contributed by atoms with van der Waals surface area (Å²) in [6, 6.07) is -0.743. The second-order valence-electron chi connectivity index (χ2n) is 5.11. The van der Waals surface area contributed by atoms with Crippen LogP contribution in [0.2, 0.25) is 0 Å². The molecular weight excluding hydrogens is 236 g/mol. The van der Waals surface area contributed by atoms with Crippen LogP contribution in [0.25, 0.3) is 0 Å². The predicted octanol–water partition coefficient (Wildman–Crippen LogP) is 0.113. The van der Waals surface area contributed by atoms with Crippen LogP contribution in [0, 0.1) is 17.8 Å². The van der Waals surface area contributed by atoms with Gasteiger partial charge in [-0.15, -0.1) is 0 Å². The summed E-state index contributed by atoms with van der Waals surface area (Å²) in [6.07, 6.45) is 1.78. The van der Waals surface area contributed by atoms with Crippen LogP contribution >= 0.6 is 0 Å². The molecule has 1 aliphatic rings. The SMILES string of the molecule is CC(C)C(NC(=O)[C@@H]1CCC[C@@H]1C(=O)O)C(N)=O. The molecule has 6 nitrogen and oxygen atoms in total. The van der Waals surface area contributed by atoms with Crippen LogP contribution in [0.3, 0.4) is 0 Å². The molecule has 0 heterocycles. The molecule has 2 amide bonds. The number of carbonyl (C=O) groups is 3. The van der Waals surface area contributed by atoms with Gasteiger partial charge in [0.05, 0.1) is 11.8 Å². The minimum absolute atomic E-state index is 0.115. The molecule has 18 heavy (non-hydrogen) atoms. The van der Waals surface area contributed by atoms with Gasteiger partial charge in [0.25, 0.3) is 0 Å². The fourth-order valence-electron chi connectivity index (χ4n) is 2.40. The fourth-order valence-corrected chi connectivity index (χ4v) is 2.40. The minimum atomic E-state index is -0.951. The third-order valence-electron chi connectivity index (χ3n) is 3.44. The Morgan fingerprint density at radius 2 is 1.78 bits per heavy atom. The maximum atomic E-state index is 12.0. The van der Waals surface area contributed by atoms with Gasteiger partial charge in [0, 0.05) is 0 Å². The van der Waals surface area contributed by atoms with E-state index in [1.165, 1.54) is 0 Å². The summed E-state index contributed by atoms with van der Waals surface area (Å²) in [5, 5.41) is 11.6. The maximum Gasteiger partial charge on any atom is 0.307 e. The van der Waals surface area contributed by atoms with E-state index >= 15 is 0 Å². The van der Waals surface area contributed by atoms with E-state index in [4.69, 9.17) is 10.8 Å². The number of aliphatic carboxylic acids is 1. The lowest BCUT2D eigenvalue weighted by Gasteiger charge is -2.22. The zero-order valence-corrected chi connectivity index (χ0v) is 10.7. The van der Waals surface area contributed by atoms with Crippen molar-refractivity contribution in [2.24, 2.45) is 23.5 Å². The van der Waals surface area contributed by atoms with Crippen LogP contribution in [0.5, 0.6) is 0 Å². The Kier molecular flexibility index (Phi) is 4.69. The molecule has 0 radical (unpaired) electrons. The van der Waals surface area contributed by atoms with Crippen molar-refractivity contribution in [3.63, 3.8) is 0 Å². The van der Waals surface area contributed by atoms with E-state index in [-0.39, 0.29) is 11.8 Å². The van der Waals surface area contributed by atoms with Crippen molar-refractivity contribution < 1.29 is 19.5 Å². The lowest BCUT2D eigenvalue weighted by Crippen LogP contribution is -2.50. The summed E-state index contributed by atoms with van der Waals surface area (Å²) in [5.41, 5.74) is 5.21. The van der Waals surface area contributed by atoms with Crippen LogP contribution in [-0.2, 0) is 14.4 Å². The number of nitrogens with two attached hydrogens (primary N) is 1. The molecule has 1 saturated carbocycles. The number of hydrogen-bond donors (Lipinski definition) is 3. The van der Waals surface area contributed by atoms with E-state index in [2.05, 4.69) is 5.32 Å². The highest BCUT2D eigenvalue weighted by atomic mass is 16.4. The standard InChI is InChI=1S/C12H20N2O4/c1-6(2)9(10(13)15)14-11(16)7-4-3-5-8(7)12(17)18/h6-9H,3-5H2,1-2H3,(H2,13,15)(H,14,16)(H,17,18)/t7-,8+,9?/m1/s1. The number of primary amides is 1. The summed E-state index contributed by atoms with van der Waals surface area (Å²) in [7, 11) is 0. The summed E-state index contributed by atoms with van der Waals surface area (Å²) in [6.45, 7) is 3.55. The number of carboxylic acids is 1. The van der Waals surface area contributed by atoms with Gasteiger partial charge in [-0.25, -0.2) is 0 Å². The Morgan fingerprint density at radius 1 is 1.22 bits per heavy atom. The highest BCUT2D eigenvalue weighted by Crippen LogP contribution is 2.32. The molecule has 0 bridgehead atoms. The Labute approximate surface area is 106 Å². The van der Waals surface area contributed by atoms with Gasteiger partial charge in [-0.2, -0.15) is 0 Å². The molecule has 1 rings (SSSR count). The van der Waals surface area contributed by atoms with Crippen molar-refractivity contribution in [3.05, 3.63) is 0 Å². The molecule has 102 valence electrons. The van der Waals surface area contributed by atoms with Gasteiger partial charge < -0.3 is 16.2 Å². The number of carboxylic acid groups (broad SMARTS) is 1. The van der Waals surface area contributed by atoms with E-state index in [0.29, 0.717) is 12.8 Å². The molecule has 1 unspecified atom stereocenters. The summed E-state index contributed by atoms with van der Waals surface area (Å²) in [4.78, 5) is 34.2. The number of nitrogens with one attached hydrogen (secondary N) is 1. The smallest absolute Gasteiger partial charge is 0.307 e. The molecular formula is C12H20N2O4. The van der Waals surface area contributed by atoms with Crippen LogP contribution in [-0.4, -0.2) is 28.9 Å². The molecule has 4 N–H and O–H groups in total. The van der Waals surface area contributed by atoms with Crippen LogP contribution in [0.1, 0.15) is 33.1 Å². The van der Waals surface area contributed by atoms with Crippen molar-refractivity contribution >= 4 is 17.8 Å². The monoisotopic (exact) mass is 256 g/mol. The van der Waals surface area contributed by atoms with E-state index in [1.807, 2.05) is 0 Å². The molecule has 0 aromatic rings. The van der Waals surface area contributed by atoms with Gasteiger partial charge in [-0.05, 0) is 18.8 Å². The van der Waals surface area contributed by atoms with Gasteiger partial charge in [-0.3, -0.25) is 14.4 Å². The fraction of sp³-hybridized carbons (Fsp3) is 0.750. The zero-order chi connectivity index (χ0) is 13.9. The molecule has 1 aliphatic carbocycles. The van der Waals surface area contributed by atoms with Gasteiger partial charge >= 0.3 is 5.97 Å². The van der Waals surface area contributed by atoms with E-state index in [1.54, 1.807) is 13.8 Å². The quantitative estimate of drug-likeness (QED) is 0.648. The first-order chi connectivity index (χ1) is 8.34. The Bertz CT molecular complexity index is 354. The van der Waals surface area contributed by atoms with Crippen LogP contribution < -0.4 is 11.1 Å². The predicted molar refractivity (Wildman–Crippen MR) is 64.4 cm³/mol. The van der Waals surface area contributed by atoms with E-state index < -0.39 is 29.8 Å². The maximum absolute atomic E-state index is 12.0. The average Bonchev–Trinajstić information content (AvgIpc) is 2.73. The normalized spacial score (nSPS) is 24.8. The van der Waals surface area contributed by atoms with E-state index in [0.717, 1.165) is 6.42 Å². The van der Waals surface area contributed by atoms with Gasteiger partial charge in [0.2, 0.25) is 11.8 Å². The molecule has 0 aromatic carbocycles. The third-order valence-corrected chi connectivity index (χ3v) is 3.44. The van der Waals surface area contributed by atoms with E-state index in [9.17, 15) is 14.4 Å².